The lowest BCUT2D eigenvalue weighted by Crippen LogP contribution is -2.23. The van der Waals surface area contributed by atoms with Gasteiger partial charge in [0.25, 0.3) is 0 Å². The van der Waals surface area contributed by atoms with E-state index in [4.69, 9.17) is 14.2 Å². The van der Waals surface area contributed by atoms with Gasteiger partial charge in [-0.2, -0.15) is 0 Å². The second kappa shape index (κ2) is 6.06. The topological polar surface area (TPSA) is 47.9 Å². The van der Waals surface area contributed by atoms with Gasteiger partial charge in [-0.15, -0.1) is 0 Å². The highest BCUT2D eigenvalue weighted by atomic mass is 16.5. The summed E-state index contributed by atoms with van der Waals surface area (Å²) in [5, 5.41) is 11.0. The molecule has 4 nitrogen and oxygen atoms in total. The van der Waals surface area contributed by atoms with Gasteiger partial charge >= 0.3 is 0 Å². The molecule has 0 spiro atoms. The quantitative estimate of drug-likeness (QED) is 0.919. The molecule has 1 N–H and O–H groups in total. The van der Waals surface area contributed by atoms with E-state index in [0.29, 0.717) is 22.8 Å². The number of aliphatic hydroxyl groups is 1. The first kappa shape index (κ1) is 15.2. The molecule has 1 unspecified atom stereocenters. The van der Waals surface area contributed by atoms with Crippen molar-refractivity contribution in [3.05, 3.63) is 53.6 Å². The fourth-order valence-electron chi connectivity index (χ4n) is 2.18. The molecule has 2 rings (SSSR count). The van der Waals surface area contributed by atoms with Gasteiger partial charge in [0.05, 0.1) is 21.3 Å². The van der Waals surface area contributed by atoms with Crippen LogP contribution in [0.1, 0.15) is 18.1 Å². The summed E-state index contributed by atoms with van der Waals surface area (Å²) in [5.74, 6) is 1.96. The third-order valence-electron chi connectivity index (χ3n) is 3.55. The summed E-state index contributed by atoms with van der Waals surface area (Å²) < 4.78 is 15.7. The van der Waals surface area contributed by atoms with E-state index < -0.39 is 5.60 Å². The molecule has 0 aliphatic rings. The van der Waals surface area contributed by atoms with Gasteiger partial charge in [-0.25, -0.2) is 0 Å². The van der Waals surface area contributed by atoms with E-state index >= 15 is 0 Å². The van der Waals surface area contributed by atoms with Crippen molar-refractivity contribution in [3.8, 4) is 17.2 Å². The van der Waals surface area contributed by atoms with Gasteiger partial charge in [0.15, 0.2) is 0 Å². The van der Waals surface area contributed by atoms with Gasteiger partial charge in [-0.1, -0.05) is 12.1 Å². The van der Waals surface area contributed by atoms with E-state index in [1.807, 2.05) is 24.3 Å². The van der Waals surface area contributed by atoms with Crippen molar-refractivity contribution in [2.75, 3.05) is 21.3 Å². The van der Waals surface area contributed by atoms with Crippen molar-refractivity contribution in [2.24, 2.45) is 0 Å². The molecule has 112 valence electrons. The van der Waals surface area contributed by atoms with E-state index in [0.717, 1.165) is 5.56 Å². The standard InChI is InChI=1S/C17H20O4/c1-17(18,12-6-5-7-14(8-12)19-2)13-9-15(20-3)11-16(10-13)21-4/h5-11,18H,1-4H3. The fraction of sp³-hybridized carbons (Fsp3) is 0.294. The van der Waals surface area contributed by atoms with Crippen LogP contribution in [0.2, 0.25) is 0 Å². The maximum Gasteiger partial charge on any atom is 0.122 e. The molecule has 0 aromatic heterocycles. The SMILES string of the molecule is COc1cccc(C(C)(O)c2cc(OC)cc(OC)c2)c1. The van der Waals surface area contributed by atoms with Crippen molar-refractivity contribution in [2.45, 2.75) is 12.5 Å². The molecular formula is C17H20O4. The molecule has 2 aromatic rings. The monoisotopic (exact) mass is 288 g/mol. The second-order valence-electron chi connectivity index (χ2n) is 4.91. The average Bonchev–Trinajstić information content (AvgIpc) is 2.54. The molecular weight excluding hydrogens is 268 g/mol. The first-order chi connectivity index (χ1) is 10.0. The van der Waals surface area contributed by atoms with Gasteiger partial charge in [-0.05, 0) is 42.3 Å². The van der Waals surface area contributed by atoms with Crippen LogP contribution in [0.5, 0.6) is 17.2 Å². The summed E-state index contributed by atoms with van der Waals surface area (Å²) in [6.45, 7) is 1.73. The molecule has 0 saturated heterocycles. The summed E-state index contributed by atoms with van der Waals surface area (Å²) in [4.78, 5) is 0. The van der Waals surface area contributed by atoms with Crippen molar-refractivity contribution in [1.82, 2.24) is 0 Å². The largest absolute Gasteiger partial charge is 0.497 e. The molecule has 2 aromatic carbocycles. The van der Waals surface area contributed by atoms with Gasteiger partial charge in [-0.3, -0.25) is 0 Å². The predicted molar refractivity (Wildman–Crippen MR) is 81.2 cm³/mol. The summed E-state index contributed by atoms with van der Waals surface area (Å²) in [5.41, 5.74) is 0.236. The van der Waals surface area contributed by atoms with Crippen LogP contribution in [-0.4, -0.2) is 26.4 Å². The summed E-state index contributed by atoms with van der Waals surface area (Å²) in [7, 11) is 4.76. The number of methoxy groups -OCH3 is 3. The molecule has 4 heteroatoms. The molecule has 0 amide bonds. The van der Waals surface area contributed by atoms with Crippen molar-refractivity contribution >= 4 is 0 Å². The minimum Gasteiger partial charge on any atom is -0.497 e. The molecule has 0 aliphatic heterocycles. The van der Waals surface area contributed by atoms with Crippen LogP contribution in [0.25, 0.3) is 0 Å². The predicted octanol–water partition coefficient (Wildman–Crippen LogP) is 2.97. The zero-order valence-corrected chi connectivity index (χ0v) is 12.7. The molecule has 0 heterocycles. The molecule has 1 atom stereocenters. The Labute approximate surface area is 124 Å². The normalized spacial score (nSPS) is 13.4. The van der Waals surface area contributed by atoms with E-state index in [2.05, 4.69) is 0 Å². The Morgan fingerprint density at radius 2 is 1.29 bits per heavy atom. The minimum absolute atomic E-state index is 0.632. The maximum atomic E-state index is 11.0. The Hall–Kier alpha value is -2.20. The van der Waals surface area contributed by atoms with Gasteiger partial charge in [0, 0.05) is 6.07 Å². The van der Waals surface area contributed by atoms with Crippen LogP contribution in [-0.2, 0) is 5.60 Å². The maximum absolute atomic E-state index is 11.0. The molecule has 0 saturated carbocycles. The minimum atomic E-state index is -1.18. The third kappa shape index (κ3) is 3.11. The van der Waals surface area contributed by atoms with Crippen LogP contribution in [0.15, 0.2) is 42.5 Å². The average molecular weight is 288 g/mol. The lowest BCUT2D eigenvalue weighted by Gasteiger charge is -2.26. The Bertz CT molecular complexity index is 598. The highest BCUT2D eigenvalue weighted by molar-refractivity contribution is 5.46. The molecule has 0 bridgehead atoms. The third-order valence-corrected chi connectivity index (χ3v) is 3.55. The Morgan fingerprint density at radius 1 is 0.762 bits per heavy atom. The van der Waals surface area contributed by atoms with Gasteiger partial charge in [0.2, 0.25) is 0 Å². The molecule has 0 aliphatic carbocycles. The number of benzene rings is 2. The van der Waals surface area contributed by atoms with Crippen molar-refractivity contribution in [3.63, 3.8) is 0 Å². The van der Waals surface area contributed by atoms with E-state index in [-0.39, 0.29) is 0 Å². The van der Waals surface area contributed by atoms with Crippen molar-refractivity contribution < 1.29 is 19.3 Å². The highest BCUT2D eigenvalue weighted by Crippen LogP contribution is 2.35. The van der Waals surface area contributed by atoms with Crippen LogP contribution < -0.4 is 14.2 Å². The van der Waals surface area contributed by atoms with E-state index in [9.17, 15) is 5.11 Å². The highest BCUT2D eigenvalue weighted by Gasteiger charge is 2.27. The molecule has 0 fully saturated rings. The number of hydrogen-bond donors (Lipinski definition) is 1. The van der Waals surface area contributed by atoms with Crippen LogP contribution in [0.3, 0.4) is 0 Å². The lowest BCUT2D eigenvalue weighted by molar-refractivity contribution is 0.101. The Morgan fingerprint density at radius 3 is 1.81 bits per heavy atom. The van der Waals surface area contributed by atoms with Gasteiger partial charge < -0.3 is 19.3 Å². The van der Waals surface area contributed by atoms with Crippen LogP contribution >= 0.6 is 0 Å². The number of ether oxygens (including phenoxy) is 3. The zero-order valence-electron chi connectivity index (χ0n) is 12.7. The van der Waals surface area contributed by atoms with Crippen molar-refractivity contribution in [1.29, 1.82) is 0 Å². The second-order valence-corrected chi connectivity index (χ2v) is 4.91. The molecule has 21 heavy (non-hydrogen) atoms. The lowest BCUT2D eigenvalue weighted by atomic mass is 9.88. The number of hydrogen-bond acceptors (Lipinski definition) is 4. The zero-order chi connectivity index (χ0) is 15.5. The first-order valence-corrected chi connectivity index (χ1v) is 6.61. The van der Waals surface area contributed by atoms with Crippen LogP contribution in [0.4, 0.5) is 0 Å². The smallest absolute Gasteiger partial charge is 0.122 e. The summed E-state index contributed by atoms with van der Waals surface area (Å²) >= 11 is 0. The molecule has 0 radical (unpaired) electrons. The summed E-state index contributed by atoms with van der Waals surface area (Å²) in [6, 6.07) is 12.7. The Kier molecular flexibility index (Phi) is 4.38. The number of rotatable bonds is 5. The Balaban J connectivity index is 2.51. The fourth-order valence-corrected chi connectivity index (χ4v) is 2.18. The summed E-state index contributed by atoms with van der Waals surface area (Å²) in [6.07, 6.45) is 0. The first-order valence-electron chi connectivity index (χ1n) is 6.61. The van der Waals surface area contributed by atoms with E-state index in [1.165, 1.54) is 0 Å². The van der Waals surface area contributed by atoms with Crippen LogP contribution in [0, 0.1) is 0 Å². The van der Waals surface area contributed by atoms with Gasteiger partial charge in [0.1, 0.15) is 22.8 Å². The van der Waals surface area contributed by atoms with E-state index in [1.54, 1.807) is 46.5 Å².